The van der Waals surface area contributed by atoms with Gasteiger partial charge in [0.25, 0.3) is 0 Å². The number of nitrogens with two attached hydrogens (primary N) is 1. The Morgan fingerprint density at radius 1 is 1.29 bits per heavy atom. The Labute approximate surface area is 139 Å². The summed E-state index contributed by atoms with van der Waals surface area (Å²) in [5.74, 6) is 1.77. The number of nitrogens with zero attached hydrogens (tertiary/aromatic N) is 2. The van der Waals surface area contributed by atoms with Gasteiger partial charge in [0, 0.05) is 29.0 Å². The Kier molecular flexibility index (Phi) is 7.39. The van der Waals surface area contributed by atoms with Gasteiger partial charge in [-0.15, -0.1) is 11.8 Å². The van der Waals surface area contributed by atoms with Crippen LogP contribution in [-0.2, 0) is 4.74 Å². The summed E-state index contributed by atoms with van der Waals surface area (Å²) in [4.78, 5) is 7.85. The smallest absolute Gasteiger partial charge is 0.191 e. The molecule has 116 valence electrons. The summed E-state index contributed by atoms with van der Waals surface area (Å²) < 4.78 is 6.47. The predicted octanol–water partition coefficient (Wildman–Crippen LogP) is 2.97. The van der Waals surface area contributed by atoms with Crippen LogP contribution in [0.5, 0.6) is 0 Å². The molecule has 1 fully saturated rings. The molecule has 0 spiro atoms. The van der Waals surface area contributed by atoms with E-state index in [9.17, 15) is 0 Å². The minimum Gasteiger partial charge on any atom is -0.378 e. The minimum atomic E-state index is 0.664. The third-order valence-electron chi connectivity index (χ3n) is 3.26. The van der Waals surface area contributed by atoms with E-state index in [2.05, 4.69) is 44.0 Å². The van der Waals surface area contributed by atoms with Crippen molar-refractivity contribution in [2.45, 2.75) is 17.7 Å². The van der Waals surface area contributed by atoms with Crippen LogP contribution >= 0.6 is 27.7 Å². The van der Waals surface area contributed by atoms with Crippen molar-refractivity contribution in [3.63, 3.8) is 0 Å². The quantitative estimate of drug-likeness (QED) is 0.361. The Balaban J connectivity index is 1.60. The van der Waals surface area contributed by atoms with E-state index in [0.717, 1.165) is 51.4 Å². The summed E-state index contributed by atoms with van der Waals surface area (Å²) >= 11 is 5.45. The number of guanidine groups is 1. The zero-order valence-electron chi connectivity index (χ0n) is 12.1. The molecule has 0 aromatic heterocycles. The molecule has 1 heterocycles. The molecular formula is C15H22BrN3OS. The van der Waals surface area contributed by atoms with Crippen LogP contribution in [0.3, 0.4) is 0 Å². The number of hydrogen-bond acceptors (Lipinski definition) is 3. The monoisotopic (exact) mass is 371 g/mol. The van der Waals surface area contributed by atoms with E-state index in [4.69, 9.17) is 10.5 Å². The maximum atomic E-state index is 5.98. The fourth-order valence-electron chi connectivity index (χ4n) is 2.04. The highest BCUT2D eigenvalue weighted by atomic mass is 79.9. The first-order valence-corrected chi connectivity index (χ1v) is 9.05. The molecule has 1 aromatic carbocycles. The van der Waals surface area contributed by atoms with Crippen molar-refractivity contribution in [1.82, 2.24) is 4.90 Å². The van der Waals surface area contributed by atoms with Crippen LogP contribution in [-0.4, -0.2) is 49.5 Å². The number of ether oxygens (including phenoxy) is 1. The molecule has 0 radical (unpaired) electrons. The number of thioether (sulfide) groups is 1. The molecule has 2 N–H and O–H groups in total. The summed E-state index contributed by atoms with van der Waals surface area (Å²) in [7, 11) is 0. The molecule has 21 heavy (non-hydrogen) atoms. The predicted molar refractivity (Wildman–Crippen MR) is 93.0 cm³/mol. The first-order chi connectivity index (χ1) is 10.3. The van der Waals surface area contributed by atoms with Gasteiger partial charge in [0.15, 0.2) is 5.96 Å². The van der Waals surface area contributed by atoms with Gasteiger partial charge in [0.1, 0.15) is 0 Å². The molecule has 0 atom stereocenters. The van der Waals surface area contributed by atoms with Crippen molar-refractivity contribution in [2.24, 2.45) is 10.7 Å². The lowest BCUT2D eigenvalue weighted by Gasteiger charge is -2.27. The molecule has 0 aliphatic carbocycles. The third-order valence-corrected chi connectivity index (χ3v) is 5.37. The first-order valence-electron chi connectivity index (χ1n) is 7.27. The Hall–Kier alpha value is -0.720. The number of unbranched alkanes of at least 4 members (excludes halogenated alkanes) is 1. The van der Waals surface area contributed by atoms with E-state index >= 15 is 0 Å². The minimum absolute atomic E-state index is 0.664. The number of aliphatic imine (C=N–C) groups is 1. The zero-order valence-corrected chi connectivity index (χ0v) is 14.5. The van der Waals surface area contributed by atoms with E-state index in [1.54, 1.807) is 0 Å². The Morgan fingerprint density at radius 2 is 2.05 bits per heavy atom. The van der Waals surface area contributed by atoms with E-state index in [1.165, 1.54) is 9.37 Å². The topological polar surface area (TPSA) is 50.8 Å². The van der Waals surface area contributed by atoms with Gasteiger partial charge in [-0.2, -0.15) is 0 Å². The molecule has 1 aromatic rings. The van der Waals surface area contributed by atoms with E-state index in [-0.39, 0.29) is 0 Å². The van der Waals surface area contributed by atoms with Crippen molar-refractivity contribution in [3.05, 3.63) is 28.7 Å². The van der Waals surface area contributed by atoms with Crippen molar-refractivity contribution in [2.75, 3.05) is 38.6 Å². The van der Waals surface area contributed by atoms with Crippen molar-refractivity contribution >= 4 is 33.7 Å². The van der Waals surface area contributed by atoms with Gasteiger partial charge in [-0.05, 0) is 46.7 Å². The number of rotatable bonds is 6. The zero-order chi connectivity index (χ0) is 14.9. The molecule has 0 saturated carbocycles. The molecule has 6 heteroatoms. The van der Waals surface area contributed by atoms with Gasteiger partial charge < -0.3 is 15.4 Å². The first kappa shape index (κ1) is 16.6. The molecule has 0 amide bonds. The van der Waals surface area contributed by atoms with Gasteiger partial charge in [-0.1, -0.05) is 12.1 Å². The molecule has 2 rings (SSSR count). The lowest BCUT2D eigenvalue weighted by atomic mass is 10.3. The maximum Gasteiger partial charge on any atom is 0.191 e. The summed E-state index contributed by atoms with van der Waals surface area (Å²) in [6, 6.07) is 8.33. The Bertz CT molecular complexity index is 464. The standard InChI is InChI=1S/C15H22BrN3OS/c16-13-5-1-2-6-14(13)21-12-4-3-7-18-15(17)19-8-10-20-11-9-19/h1-2,5-6H,3-4,7-12H2,(H2,17,18). The van der Waals surface area contributed by atoms with Gasteiger partial charge in [-0.3, -0.25) is 4.99 Å². The maximum absolute atomic E-state index is 5.98. The number of hydrogen-bond donors (Lipinski definition) is 1. The highest BCUT2D eigenvalue weighted by molar-refractivity contribution is 9.10. The second-order valence-corrected chi connectivity index (χ2v) is 6.82. The SMILES string of the molecule is NC(=NCCCCSc1ccccc1Br)N1CCOCC1. The third kappa shape index (κ3) is 5.88. The molecule has 1 saturated heterocycles. The van der Waals surface area contributed by atoms with Gasteiger partial charge in [-0.25, -0.2) is 0 Å². The van der Waals surface area contributed by atoms with Crippen LogP contribution in [0.25, 0.3) is 0 Å². The number of benzene rings is 1. The number of halogens is 1. The molecule has 4 nitrogen and oxygen atoms in total. The molecule has 0 unspecified atom stereocenters. The van der Waals surface area contributed by atoms with Crippen molar-refractivity contribution < 1.29 is 4.74 Å². The van der Waals surface area contributed by atoms with Crippen molar-refractivity contribution in [3.8, 4) is 0 Å². The van der Waals surface area contributed by atoms with E-state index in [0.29, 0.717) is 5.96 Å². The van der Waals surface area contributed by atoms with Crippen LogP contribution < -0.4 is 5.73 Å². The molecule has 0 bridgehead atoms. The highest BCUT2D eigenvalue weighted by Gasteiger charge is 2.11. The van der Waals surface area contributed by atoms with Gasteiger partial charge in [0.2, 0.25) is 0 Å². The van der Waals surface area contributed by atoms with Gasteiger partial charge in [0.05, 0.1) is 13.2 Å². The fourth-order valence-corrected chi connectivity index (χ4v) is 3.62. The largest absolute Gasteiger partial charge is 0.378 e. The molecule has 1 aliphatic rings. The normalized spacial score (nSPS) is 16.2. The van der Waals surface area contributed by atoms with Crippen LogP contribution in [0.1, 0.15) is 12.8 Å². The lowest BCUT2D eigenvalue weighted by molar-refractivity contribution is 0.0674. The number of morpholine rings is 1. The van der Waals surface area contributed by atoms with Crippen LogP contribution in [0.15, 0.2) is 38.6 Å². The van der Waals surface area contributed by atoms with E-state index in [1.807, 2.05) is 17.8 Å². The van der Waals surface area contributed by atoms with Crippen molar-refractivity contribution in [1.29, 1.82) is 0 Å². The average Bonchev–Trinajstić information content (AvgIpc) is 2.53. The van der Waals surface area contributed by atoms with E-state index < -0.39 is 0 Å². The summed E-state index contributed by atoms with van der Waals surface area (Å²) in [6.07, 6.45) is 2.22. The molecule has 1 aliphatic heterocycles. The highest BCUT2D eigenvalue weighted by Crippen LogP contribution is 2.27. The average molecular weight is 372 g/mol. The summed E-state index contributed by atoms with van der Waals surface area (Å²) in [6.45, 7) is 4.01. The van der Waals surface area contributed by atoms with Crippen LogP contribution in [0.4, 0.5) is 0 Å². The molecular weight excluding hydrogens is 350 g/mol. The lowest BCUT2D eigenvalue weighted by Crippen LogP contribution is -2.44. The second-order valence-electron chi connectivity index (χ2n) is 4.83. The Morgan fingerprint density at radius 3 is 2.81 bits per heavy atom. The summed E-state index contributed by atoms with van der Waals surface area (Å²) in [5, 5.41) is 0. The summed E-state index contributed by atoms with van der Waals surface area (Å²) in [5.41, 5.74) is 5.98. The van der Waals surface area contributed by atoms with Crippen LogP contribution in [0.2, 0.25) is 0 Å². The fraction of sp³-hybridized carbons (Fsp3) is 0.533. The van der Waals surface area contributed by atoms with Gasteiger partial charge >= 0.3 is 0 Å². The second kappa shape index (κ2) is 9.33. The van der Waals surface area contributed by atoms with Crippen LogP contribution in [0, 0.1) is 0 Å².